The van der Waals surface area contributed by atoms with Crippen LogP contribution in [-0.4, -0.2) is 11.1 Å². The molecule has 0 aromatic carbocycles. The number of carboxylic acid groups (broad SMARTS) is 1. The molecule has 0 fully saturated rings. The molecule has 0 radical (unpaired) electrons. The van der Waals surface area contributed by atoms with E-state index in [1.54, 1.807) is 0 Å². The second-order valence-electron chi connectivity index (χ2n) is 13.4. The lowest BCUT2D eigenvalue weighted by molar-refractivity contribution is -0.149. The van der Waals surface area contributed by atoms with Gasteiger partial charge in [0.25, 0.3) is 0 Å². The molecule has 0 spiro atoms. The Morgan fingerprint density at radius 2 is 0.769 bits per heavy atom. The summed E-state index contributed by atoms with van der Waals surface area (Å²) < 4.78 is 0. The van der Waals surface area contributed by atoms with Crippen LogP contribution in [0.1, 0.15) is 220 Å². The van der Waals surface area contributed by atoms with Crippen LogP contribution in [0, 0.1) is 11.3 Å². The van der Waals surface area contributed by atoms with Gasteiger partial charge in [-0.05, 0) is 25.7 Å². The van der Waals surface area contributed by atoms with Crippen molar-refractivity contribution in [3.8, 4) is 0 Å². The molecule has 0 amide bonds. The zero-order chi connectivity index (χ0) is 28.9. The summed E-state index contributed by atoms with van der Waals surface area (Å²) in [6, 6.07) is 0. The summed E-state index contributed by atoms with van der Waals surface area (Å²) in [5, 5.41) is 10.2. The van der Waals surface area contributed by atoms with Gasteiger partial charge in [0.05, 0.1) is 5.41 Å². The van der Waals surface area contributed by atoms with Gasteiger partial charge in [0, 0.05) is 0 Å². The van der Waals surface area contributed by atoms with Gasteiger partial charge in [0.2, 0.25) is 0 Å². The predicted octanol–water partition coefficient (Wildman–Crippen LogP) is 13.5. The maximum atomic E-state index is 12.4. The highest BCUT2D eigenvalue weighted by molar-refractivity contribution is 5.74. The number of rotatable bonds is 32. The average Bonchev–Trinajstić information content (AvgIpc) is 2.92. The minimum absolute atomic E-state index is 0.536. The lowest BCUT2D eigenvalue weighted by Crippen LogP contribution is -2.30. The molecular weight excluding hydrogens is 476 g/mol. The first kappa shape index (κ1) is 38.5. The fraction of sp³-hybridized carbons (Fsp3) is 0.973. The molecule has 0 aliphatic heterocycles. The molecule has 0 saturated heterocycles. The van der Waals surface area contributed by atoms with E-state index in [2.05, 4.69) is 27.7 Å². The molecule has 2 heteroatoms. The molecule has 0 bridgehead atoms. The van der Waals surface area contributed by atoms with Gasteiger partial charge in [0.15, 0.2) is 0 Å². The van der Waals surface area contributed by atoms with Crippen LogP contribution >= 0.6 is 0 Å². The van der Waals surface area contributed by atoms with Crippen molar-refractivity contribution in [2.45, 2.75) is 220 Å². The van der Waals surface area contributed by atoms with Gasteiger partial charge in [-0.3, -0.25) is 4.79 Å². The van der Waals surface area contributed by atoms with Crippen molar-refractivity contribution in [2.75, 3.05) is 0 Å². The molecule has 2 nitrogen and oxygen atoms in total. The van der Waals surface area contributed by atoms with Gasteiger partial charge in [-0.15, -0.1) is 0 Å². The van der Waals surface area contributed by atoms with Crippen molar-refractivity contribution in [2.24, 2.45) is 11.3 Å². The highest BCUT2D eigenvalue weighted by Crippen LogP contribution is 2.37. The summed E-state index contributed by atoms with van der Waals surface area (Å²) in [5.41, 5.74) is -0.536. The number of hydrogen-bond acceptors (Lipinski definition) is 1. The number of carboxylic acids is 1. The number of unbranched alkanes of at least 4 members (excludes halogenated alkanes) is 23. The van der Waals surface area contributed by atoms with E-state index in [4.69, 9.17) is 0 Å². The summed E-state index contributed by atoms with van der Waals surface area (Å²) in [4.78, 5) is 12.4. The van der Waals surface area contributed by atoms with Gasteiger partial charge in [-0.2, -0.15) is 0 Å². The van der Waals surface area contributed by atoms with Crippen LogP contribution in [0.25, 0.3) is 0 Å². The third-order valence-electron chi connectivity index (χ3n) is 9.27. The summed E-state index contributed by atoms with van der Waals surface area (Å²) >= 11 is 0. The summed E-state index contributed by atoms with van der Waals surface area (Å²) in [6.07, 6.45) is 39.1. The van der Waals surface area contributed by atoms with E-state index in [1.807, 2.05) is 0 Å². The van der Waals surface area contributed by atoms with Crippen molar-refractivity contribution < 1.29 is 9.90 Å². The summed E-state index contributed by atoms with van der Waals surface area (Å²) in [6.45, 7) is 8.91. The Morgan fingerprint density at radius 3 is 1.08 bits per heavy atom. The second kappa shape index (κ2) is 29.0. The Kier molecular flexibility index (Phi) is 28.6. The third-order valence-corrected chi connectivity index (χ3v) is 9.27. The minimum Gasteiger partial charge on any atom is -0.481 e. The van der Waals surface area contributed by atoms with Crippen molar-refractivity contribution >= 4 is 5.97 Å². The lowest BCUT2D eigenvalue weighted by atomic mass is 9.74. The molecule has 2 unspecified atom stereocenters. The second-order valence-corrected chi connectivity index (χ2v) is 13.4. The van der Waals surface area contributed by atoms with Crippen LogP contribution in [0.3, 0.4) is 0 Å². The minimum atomic E-state index is -0.547. The molecular formula is C37H74O2. The largest absolute Gasteiger partial charge is 0.481 e. The summed E-state index contributed by atoms with van der Waals surface area (Å²) in [5.74, 6) is 0.0455. The third kappa shape index (κ3) is 24.9. The molecule has 0 aliphatic carbocycles. The maximum Gasteiger partial charge on any atom is 0.309 e. The van der Waals surface area contributed by atoms with Crippen LogP contribution in [0.4, 0.5) is 0 Å². The smallest absolute Gasteiger partial charge is 0.309 e. The Labute approximate surface area is 247 Å². The van der Waals surface area contributed by atoms with Crippen molar-refractivity contribution in [3.63, 3.8) is 0 Å². The van der Waals surface area contributed by atoms with Gasteiger partial charge in [0.1, 0.15) is 0 Å². The zero-order valence-corrected chi connectivity index (χ0v) is 27.6. The van der Waals surface area contributed by atoms with E-state index in [1.165, 1.54) is 173 Å². The van der Waals surface area contributed by atoms with Crippen LogP contribution in [0.5, 0.6) is 0 Å². The quantitative estimate of drug-likeness (QED) is 0.0845. The monoisotopic (exact) mass is 551 g/mol. The standard InChI is InChI=1S/C37H74O2/c1-5-8-11-14-17-19-20-21-22-24-27-30-33-37(4,36(38)39)34-35(31-28-25-16-13-10-7-3)32-29-26-23-18-15-12-9-6-2/h35H,5-34H2,1-4H3,(H,38,39). The van der Waals surface area contributed by atoms with Crippen LogP contribution in [-0.2, 0) is 4.79 Å². The number of aliphatic carboxylic acids is 1. The van der Waals surface area contributed by atoms with E-state index in [0.29, 0.717) is 5.92 Å². The Bertz CT molecular complexity index is 502. The zero-order valence-electron chi connectivity index (χ0n) is 27.6. The topological polar surface area (TPSA) is 37.3 Å². The van der Waals surface area contributed by atoms with Crippen molar-refractivity contribution in [1.82, 2.24) is 0 Å². The molecule has 39 heavy (non-hydrogen) atoms. The van der Waals surface area contributed by atoms with Crippen molar-refractivity contribution in [3.05, 3.63) is 0 Å². The molecule has 0 aliphatic rings. The first-order valence-corrected chi connectivity index (χ1v) is 18.2. The van der Waals surface area contributed by atoms with E-state index in [9.17, 15) is 9.90 Å². The Balaban J connectivity index is 4.39. The highest BCUT2D eigenvalue weighted by Gasteiger charge is 2.34. The van der Waals surface area contributed by atoms with Gasteiger partial charge in [-0.1, -0.05) is 201 Å². The first-order chi connectivity index (χ1) is 19.0. The first-order valence-electron chi connectivity index (χ1n) is 18.2. The fourth-order valence-electron chi connectivity index (χ4n) is 6.42. The normalized spacial score (nSPS) is 13.9. The SMILES string of the molecule is CCCCCCCCCCCCCCC(C)(CC(CCCCCCCC)CCCCCCCCCC)C(=O)O. The Hall–Kier alpha value is -0.530. The van der Waals surface area contributed by atoms with Crippen LogP contribution < -0.4 is 0 Å². The van der Waals surface area contributed by atoms with Gasteiger partial charge >= 0.3 is 5.97 Å². The molecule has 0 heterocycles. The molecule has 0 aromatic heterocycles. The number of carbonyl (C=O) groups is 1. The predicted molar refractivity (Wildman–Crippen MR) is 175 cm³/mol. The molecule has 1 N–H and O–H groups in total. The van der Waals surface area contributed by atoms with E-state index >= 15 is 0 Å². The van der Waals surface area contributed by atoms with E-state index in [-0.39, 0.29) is 0 Å². The molecule has 0 rings (SSSR count). The van der Waals surface area contributed by atoms with Crippen LogP contribution in [0.2, 0.25) is 0 Å². The molecule has 234 valence electrons. The van der Waals surface area contributed by atoms with Crippen LogP contribution in [0.15, 0.2) is 0 Å². The molecule has 0 aromatic rings. The van der Waals surface area contributed by atoms with Gasteiger partial charge in [-0.25, -0.2) is 0 Å². The van der Waals surface area contributed by atoms with Gasteiger partial charge < -0.3 is 5.11 Å². The fourth-order valence-corrected chi connectivity index (χ4v) is 6.42. The van der Waals surface area contributed by atoms with E-state index < -0.39 is 11.4 Å². The maximum absolute atomic E-state index is 12.4. The lowest BCUT2D eigenvalue weighted by Gasteiger charge is -2.30. The average molecular weight is 551 g/mol. The Morgan fingerprint density at radius 1 is 0.487 bits per heavy atom. The molecule has 2 atom stereocenters. The molecule has 0 saturated carbocycles. The number of hydrogen-bond donors (Lipinski definition) is 1. The van der Waals surface area contributed by atoms with E-state index in [0.717, 1.165) is 19.3 Å². The van der Waals surface area contributed by atoms with Crippen molar-refractivity contribution in [1.29, 1.82) is 0 Å². The highest BCUT2D eigenvalue weighted by atomic mass is 16.4. The summed E-state index contributed by atoms with van der Waals surface area (Å²) in [7, 11) is 0.